The third-order valence-electron chi connectivity index (χ3n) is 3.85. The molecule has 1 aromatic rings. The number of hydrogen-bond donors (Lipinski definition) is 3. The monoisotopic (exact) mass is 247 g/mol. The van der Waals surface area contributed by atoms with Crippen LogP contribution in [-0.4, -0.2) is 34.1 Å². The van der Waals surface area contributed by atoms with E-state index in [4.69, 9.17) is 0 Å². The highest BCUT2D eigenvalue weighted by Gasteiger charge is 2.34. The molecule has 0 aliphatic carbocycles. The van der Waals surface area contributed by atoms with Gasteiger partial charge in [-0.25, -0.2) is 0 Å². The SMILES string of the molecule is O=C(NC1CC2CCC(C1)N2)c1ccncc1O. The Morgan fingerprint density at radius 2 is 2.11 bits per heavy atom. The highest BCUT2D eigenvalue weighted by atomic mass is 16.3. The fourth-order valence-corrected chi connectivity index (χ4v) is 3.02. The molecule has 5 nitrogen and oxygen atoms in total. The molecule has 3 rings (SSSR count). The van der Waals surface area contributed by atoms with Crippen LogP contribution in [-0.2, 0) is 0 Å². The molecule has 3 heterocycles. The van der Waals surface area contributed by atoms with Crippen LogP contribution >= 0.6 is 0 Å². The first-order chi connectivity index (χ1) is 8.72. The summed E-state index contributed by atoms with van der Waals surface area (Å²) in [5.41, 5.74) is 0.302. The minimum atomic E-state index is -0.207. The van der Waals surface area contributed by atoms with Gasteiger partial charge in [0.05, 0.1) is 11.8 Å². The van der Waals surface area contributed by atoms with Gasteiger partial charge in [-0.15, -0.1) is 0 Å². The Morgan fingerprint density at radius 3 is 2.78 bits per heavy atom. The Morgan fingerprint density at radius 1 is 1.39 bits per heavy atom. The van der Waals surface area contributed by atoms with E-state index in [1.165, 1.54) is 25.2 Å². The summed E-state index contributed by atoms with van der Waals surface area (Å²) < 4.78 is 0. The van der Waals surface area contributed by atoms with E-state index >= 15 is 0 Å². The Labute approximate surface area is 106 Å². The average Bonchev–Trinajstić information content (AvgIpc) is 2.69. The quantitative estimate of drug-likeness (QED) is 0.722. The molecule has 2 saturated heterocycles. The summed E-state index contributed by atoms with van der Waals surface area (Å²) in [4.78, 5) is 15.8. The van der Waals surface area contributed by atoms with Crippen LogP contribution in [0.25, 0.3) is 0 Å². The molecule has 2 atom stereocenters. The number of pyridine rings is 1. The molecule has 2 fully saturated rings. The van der Waals surface area contributed by atoms with E-state index in [0.29, 0.717) is 17.6 Å². The van der Waals surface area contributed by atoms with Crippen LogP contribution in [0.1, 0.15) is 36.0 Å². The minimum absolute atomic E-state index is 0.0630. The molecule has 0 spiro atoms. The van der Waals surface area contributed by atoms with Crippen molar-refractivity contribution in [3.8, 4) is 5.75 Å². The highest BCUT2D eigenvalue weighted by molar-refractivity contribution is 5.96. The molecule has 5 heteroatoms. The topological polar surface area (TPSA) is 74.2 Å². The fraction of sp³-hybridized carbons (Fsp3) is 0.538. The second kappa shape index (κ2) is 4.57. The van der Waals surface area contributed by atoms with Crippen molar-refractivity contribution in [1.29, 1.82) is 0 Å². The van der Waals surface area contributed by atoms with Crippen LogP contribution < -0.4 is 10.6 Å². The number of carbonyl (C=O) groups excluding carboxylic acids is 1. The predicted molar refractivity (Wildman–Crippen MR) is 66.3 cm³/mol. The van der Waals surface area contributed by atoms with Gasteiger partial charge in [0, 0.05) is 24.3 Å². The first-order valence-corrected chi connectivity index (χ1v) is 6.42. The third kappa shape index (κ3) is 2.18. The van der Waals surface area contributed by atoms with Crippen molar-refractivity contribution in [2.24, 2.45) is 0 Å². The highest BCUT2D eigenvalue weighted by Crippen LogP contribution is 2.27. The zero-order chi connectivity index (χ0) is 12.5. The van der Waals surface area contributed by atoms with Gasteiger partial charge in [-0.05, 0) is 31.7 Å². The predicted octanol–water partition coefficient (Wildman–Crippen LogP) is 0.800. The van der Waals surface area contributed by atoms with Crippen molar-refractivity contribution in [2.75, 3.05) is 0 Å². The molecule has 18 heavy (non-hydrogen) atoms. The first-order valence-electron chi connectivity index (χ1n) is 6.42. The zero-order valence-electron chi connectivity index (χ0n) is 10.1. The van der Waals surface area contributed by atoms with E-state index in [0.717, 1.165) is 12.8 Å². The van der Waals surface area contributed by atoms with Gasteiger partial charge in [0.25, 0.3) is 5.91 Å². The van der Waals surface area contributed by atoms with Gasteiger partial charge >= 0.3 is 0 Å². The van der Waals surface area contributed by atoms with Crippen LogP contribution in [0, 0.1) is 0 Å². The third-order valence-corrected chi connectivity index (χ3v) is 3.85. The molecule has 2 aliphatic rings. The van der Waals surface area contributed by atoms with Crippen molar-refractivity contribution >= 4 is 5.91 Å². The summed E-state index contributed by atoms with van der Waals surface area (Å²) in [6.45, 7) is 0. The van der Waals surface area contributed by atoms with E-state index < -0.39 is 0 Å². The van der Waals surface area contributed by atoms with Crippen LogP contribution in [0.4, 0.5) is 0 Å². The number of nitrogens with one attached hydrogen (secondary N) is 2. The molecular weight excluding hydrogens is 230 g/mol. The molecular formula is C13H17N3O2. The summed E-state index contributed by atoms with van der Waals surface area (Å²) in [7, 11) is 0. The van der Waals surface area contributed by atoms with Gasteiger partial charge in [-0.3, -0.25) is 9.78 Å². The van der Waals surface area contributed by atoms with Crippen molar-refractivity contribution in [2.45, 2.75) is 43.8 Å². The maximum atomic E-state index is 12.0. The Balaban J connectivity index is 1.66. The van der Waals surface area contributed by atoms with Gasteiger partial charge in [-0.2, -0.15) is 0 Å². The lowest BCUT2D eigenvalue weighted by Gasteiger charge is -2.29. The van der Waals surface area contributed by atoms with Gasteiger partial charge in [0.1, 0.15) is 5.75 Å². The molecule has 96 valence electrons. The van der Waals surface area contributed by atoms with Crippen molar-refractivity contribution in [3.63, 3.8) is 0 Å². The van der Waals surface area contributed by atoms with E-state index in [2.05, 4.69) is 15.6 Å². The van der Waals surface area contributed by atoms with Gasteiger partial charge in [-0.1, -0.05) is 0 Å². The maximum absolute atomic E-state index is 12.0. The van der Waals surface area contributed by atoms with E-state index in [-0.39, 0.29) is 17.7 Å². The van der Waals surface area contributed by atoms with Crippen LogP contribution in [0.15, 0.2) is 18.5 Å². The number of aromatic nitrogens is 1. The van der Waals surface area contributed by atoms with Crippen molar-refractivity contribution in [3.05, 3.63) is 24.0 Å². The Hall–Kier alpha value is -1.62. The van der Waals surface area contributed by atoms with Crippen LogP contribution in [0.2, 0.25) is 0 Å². The molecule has 1 amide bonds. The lowest BCUT2D eigenvalue weighted by Crippen LogP contribution is -2.48. The summed E-state index contributed by atoms with van der Waals surface area (Å²) in [6, 6.07) is 2.84. The lowest BCUT2D eigenvalue weighted by molar-refractivity contribution is 0.0921. The van der Waals surface area contributed by atoms with Gasteiger partial charge in [0.15, 0.2) is 0 Å². The Kier molecular flexibility index (Phi) is 2.91. The lowest BCUT2D eigenvalue weighted by atomic mass is 9.99. The minimum Gasteiger partial charge on any atom is -0.505 e. The largest absolute Gasteiger partial charge is 0.505 e. The number of amides is 1. The van der Waals surface area contributed by atoms with E-state index in [1.807, 2.05) is 0 Å². The number of fused-ring (bicyclic) bond motifs is 2. The van der Waals surface area contributed by atoms with Crippen molar-refractivity contribution < 1.29 is 9.90 Å². The standard InChI is InChI=1S/C13H17N3O2/c17-12-7-14-4-3-11(12)13(18)16-10-5-8-1-2-9(6-10)15-8/h3-4,7-10,15,17H,1-2,5-6H2,(H,16,18). The normalized spacial score (nSPS) is 30.1. The molecule has 0 radical (unpaired) electrons. The van der Waals surface area contributed by atoms with Gasteiger partial charge < -0.3 is 15.7 Å². The molecule has 1 aromatic heterocycles. The fourth-order valence-electron chi connectivity index (χ4n) is 3.02. The molecule has 2 bridgehead atoms. The molecule has 2 aliphatic heterocycles. The average molecular weight is 247 g/mol. The smallest absolute Gasteiger partial charge is 0.255 e. The molecule has 0 saturated carbocycles. The number of hydrogen-bond acceptors (Lipinski definition) is 4. The second-order valence-electron chi connectivity index (χ2n) is 5.17. The number of nitrogens with zero attached hydrogens (tertiary/aromatic N) is 1. The van der Waals surface area contributed by atoms with Crippen molar-refractivity contribution in [1.82, 2.24) is 15.6 Å². The molecule has 3 N–H and O–H groups in total. The van der Waals surface area contributed by atoms with Crippen LogP contribution in [0.3, 0.4) is 0 Å². The summed E-state index contributed by atoms with van der Waals surface area (Å²) in [5, 5.41) is 16.1. The van der Waals surface area contributed by atoms with E-state index in [9.17, 15) is 9.90 Å². The number of carbonyl (C=O) groups is 1. The van der Waals surface area contributed by atoms with Gasteiger partial charge in [0.2, 0.25) is 0 Å². The van der Waals surface area contributed by atoms with E-state index in [1.54, 1.807) is 6.07 Å². The first kappa shape index (κ1) is 11.5. The summed E-state index contributed by atoms with van der Waals surface area (Å²) in [6.07, 6.45) is 7.18. The second-order valence-corrected chi connectivity index (χ2v) is 5.17. The van der Waals surface area contributed by atoms with Crippen LogP contribution in [0.5, 0.6) is 5.75 Å². The zero-order valence-corrected chi connectivity index (χ0v) is 10.1. The number of piperidine rings is 1. The Bertz CT molecular complexity index is 451. The summed E-state index contributed by atoms with van der Waals surface area (Å²) in [5.74, 6) is -0.270. The maximum Gasteiger partial charge on any atom is 0.255 e. The number of rotatable bonds is 2. The number of aromatic hydroxyl groups is 1. The molecule has 2 unspecified atom stereocenters. The molecule has 0 aromatic carbocycles. The summed E-state index contributed by atoms with van der Waals surface area (Å²) >= 11 is 0.